The first-order valence-corrected chi connectivity index (χ1v) is 9.63. The Hall–Kier alpha value is -2.70. The molecule has 1 fully saturated rings. The molecule has 7 nitrogen and oxygen atoms in total. The summed E-state index contributed by atoms with van der Waals surface area (Å²) in [5.41, 5.74) is 1.25. The largest absolute Gasteiger partial charge is 0.384 e. The summed E-state index contributed by atoms with van der Waals surface area (Å²) in [6, 6.07) is 4.19. The van der Waals surface area contributed by atoms with Crippen LogP contribution in [0.1, 0.15) is 72.6 Å². The van der Waals surface area contributed by atoms with Gasteiger partial charge in [-0.3, -0.25) is 29.4 Å². The molecule has 1 unspecified atom stereocenters. The summed E-state index contributed by atoms with van der Waals surface area (Å²) < 4.78 is 0. The van der Waals surface area contributed by atoms with Crippen LogP contribution in [0.3, 0.4) is 0 Å². The van der Waals surface area contributed by atoms with Gasteiger partial charge in [-0.2, -0.15) is 0 Å². The van der Waals surface area contributed by atoms with Gasteiger partial charge in [0, 0.05) is 18.7 Å². The first kappa shape index (κ1) is 19.1. The van der Waals surface area contributed by atoms with Crippen LogP contribution < -0.4 is 10.6 Å². The SMILES string of the molecule is CCCCCCCNc1cccc2c1C(=O)N(C1CCC(=O)NC1=O)C2=O. The highest BCUT2D eigenvalue weighted by Gasteiger charge is 2.45. The number of rotatable bonds is 8. The van der Waals surface area contributed by atoms with E-state index in [4.69, 9.17) is 0 Å². The van der Waals surface area contributed by atoms with Gasteiger partial charge >= 0.3 is 0 Å². The highest BCUT2D eigenvalue weighted by atomic mass is 16.2. The maximum absolute atomic E-state index is 12.9. The third kappa shape index (κ3) is 3.86. The molecular weight excluding hydrogens is 346 g/mol. The Kier molecular flexibility index (Phi) is 5.88. The molecule has 144 valence electrons. The van der Waals surface area contributed by atoms with E-state index in [1.54, 1.807) is 18.2 Å². The van der Waals surface area contributed by atoms with Crippen molar-refractivity contribution in [1.82, 2.24) is 10.2 Å². The lowest BCUT2D eigenvalue weighted by Crippen LogP contribution is -2.54. The molecule has 1 atom stereocenters. The van der Waals surface area contributed by atoms with Crippen LogP contribution in [0, 0.1) is 0 Å². The van der Waals surface area contributed by atoms with E-state index in [1.807, 2.05) is 0 Å². The Labute approximate surface area is 158 Å². The normalized spacial score (nSPS) is 19.3. The van der Waals surface area contributed by atoms with Crippen LogP contribution in [0.2, 0.25) is 0 Å². The monoisotopic (exact) mass is 371 g/mol. The third-order valence-electron chi connectivity index (χ3n) is 5.06. The zero-order valence-corrected chi connectivity index (χ0v) is 15.5. The molecule has 0 spiro atoms. The molecule has 0 aromatic heterocycles. The van der Waals surface area contributed by atoms with E-state index in [1.165, 1.54) is 19.3 Å². The van der Waals surface area contributed by atoms with E-state index in [0.29, 0.717) is 16.8 Å². The van der Waals surface area contributed by atoms with Gasteiger partial charge in [0.15, 0.2) is 0 Å². The van der Waals surface area contributed by atoms with E-state index < -0.39 is 23.8 Å². The topological polar surface area (TPSA) is 95.6 Å². The molecule has 1 aromatic carbocycles. The lowest BCUT2D eigenvalue weighted by Gasteiger charge is -2.27. The fourth-order valence-corrected chi connectivity index (χ4v) is 3.61. The van der Waals surface area contributed by atoms with Crippen molar-refractivity contribution in [1.29, 1.82) is 0 Å². The Balaban J connectivity index is 1.72. The summed E-state index contributed by atoms with van der Waals surface area (Å²) >= 11 is 0. The standard InChI is InChI=1S/C20H25N3O4/c1-2-3-4-5-6-12-21-14-9-7-8-13-17(14)20(27)23(19(13)26)15-10-11-16(24)22-18(15)25/h7-9,15,21H,2-6,10-12H2,1H3,(H,22,24,25). The third-order valence-corrected chi connectivity index (χ3v) is 5.06. The first-order valence-electron chi connectivity index (χ1n) is 9.63. The van der Waals surface area contributed by atoms with Gasteiger partial charge in [0.05, 0.1) is 11.1 Å². The van der Waals surface area contributed by atoms with Crippen molar-refractivity contribution in [3.8, 4) is 0 Å². The van der Waals surface area contributed by atoms with Gasteiger partial charge in [-0.25, -0.2) is 0 Å². The van der Waals surface area contributed by atoms with Crippen LogP contribution in [0.4, 0.5) is 5.69 Å². The zero-order chi connectivity index (χ0) is 19.4. The summed E-state index contributed by atoms with van der Waals surface area (Å²) in [4.78, 5) is 50.1. The summed E-state index contributed by atoms with van der Waals surface area (Å²) in [5, 5.41) is 5.47. The number of imide groups is 2. The van der Waals surface area contributed by atoms with Gasteiger partial charge in [0.25, 0.3) is 11.8 Å². The maximum Gasteiger partial charge on any atom is 0.264 e. The second-order valence-electron chi connectivity index (χ2n) is 7.02. The molecule has 0 saturated carbocycles. The molecule has 3 rings (SSSR count). The number of anilines is 1. The molecule has 0 radical (unpaired) electrons. The van der Waals surface area contributed by atoms with Crippen LogP contribution >= 0.6 is 0 Å². The number of nitrogens with zero attached hydrogens (tertiary/aromatic N) is 1. The van der Waals surface area contributed by atoms with E-state index in [0.717, 1.165) is 24.3 Å². The van der Waals surface area contributed by atoms with E-state index in [2.05, 4.69) is 17.6 Å². The minimum absolute atomic E-state index is 0.118. The lowest BCUT2D eigenvalue weighted by molar-refractivity contribution is -0.136. The van der Waals surface area contributed by atoms with E-state index in [9.17, 15) is 19.2 Å². The van der Waals surface area contributed by atoms with Crippen molar-refractivity contribution in [2.24, 2.45) is 0 Å². The summed E-state index contributed by atoms with van der Waals surface area (Å²) in [6.45, 7) is 2.89. The summed E-state index contributed by atoms with van der Waals surface area (Å²) in [7, 11) is 0. The molecule has 2 aliphatic rings. The fraction of sp³-hybridized carbons (Fsp3) is 0.500. The first-order chi connectivity index (χ1) is 13.0. The molecule has 4 amide bonds. The van der Waals surface area contributed by atoms with Gasteiger partial charge in [-0.15, -0.1) is 0 Å². The Morgan fingerprint density at radius 3 is 2.59 bits per heavy atom. The predicted octanol–water partition coefficient (Wildman–Crippen LogP) is 2.47. The Morgan fingerprint density at radius 2 is 1.85 bits per heavy atom. The molecule has 7 heteroatoms. The van der Waals surface area contributed by atoms with Crippen LogP contribution in [-0.4, -0.2) is 41.1 Å². The molecule has 2 N–H and O–H groups in total. The highest BCUT2D eigenvalue weighted by molar-refractivity contribution is 6.25. The number of amides is 4. The second kappa shape index (κ2) is 8.33. The number of benzene rings is 1. The predicted molar refractivity (Wildman–Crippen MR) is 100 cm³/mol. The Bertz CT molecular complexity index is 774. The molecular formula is C20H25N3O4. The van der Waals surface area contributed by atoms with Crippen molar-refractivity contribution in [2.75, 3.05) is 11.9 Å². The minimum atomic E-state index is -0.933. The number of fused-ring (bicyclic) bond motifs is 1. The summed E-state index contributed by atoms with van der Waals surface area (Å²) in [5.74, 6) is -1.92. The number of piperidine rings is 1. The maximum atomic E-state index is 12.9. The van der Waals surface area contributed by atoms with E-state index >= 15 is 0 Å². The van der Waals surface area contributed by atoms with Crippen molar-refractivity contribution < 1.29 is 19.2 Å². The van der Waals surface area contributed by atoms with Crippen LogP contribution in [0.25, 0.3) is 0 Å². The molecule has 0 aliphatic carbocycles. The average Bonchev–Trinajstić information content (AvgIpc) is 2.90. The number of carbonyl (C=O) groups excluding carboxylic acids is 4. The number of unbranched alkanes of at least 4 members (excludes halogenated alkanes) is 4. The molecule has 27 heavy (non-hydrogen) atoms. The lowest BCUT2D eigenvalue weighted by atomic mass is 10.0. The number of nitrogens with one attached hydrogen (secondary N) is 2. The van der Waals surface area contributed by atoms with Gasteiger partial charge in [0.1, 0.15) is 6.04 Å². The van der Waals surface area contributed by atoms with Gasteiger partial charge in [0.2, 0.25) is 11.8 Å². The quantitative estimate of drug-likeness (QED) is 0.541. The van der Waals surface area contributed by atoms with Crippen molar-refractivity contribution in [3.05, 3.63) is 29.3 Å². The molecule has 0 bridgehead atoms. The highest BCUT2D eigenvalue weighted by Crippen LogP contribution is 2.32. The second-order valence-corrected chi connectivity index (χ2v) is 7.02. The van der Waals surface area contributed by atoms with E-state index in [-0.39, 0.29) is 18.7 Å². The fourth-order valence-electron chi connectivity index (χ4n) is 3.61. The van der Waals surface area contributed by atoms with Crippen LogP contribution in [0.5, 0.6) is 0 Å². The van der Waals surface area contributed by atoms with Crippen molar-refractivity contribution in [3.63, 3.8) is 0 Å². The average molecular weight is 371 g/mol. The Morgan fingerprint density at radius 1 is 1.07 bits per heavy atom. The number of hydrogen-bond acceptors (Lipinski definition) is 5. The van der Waals surface area contributed by atoms with Gasteiger partial charge in [-0.05, 0) is 25.0 Å². The summed E-state index contributed by atoms with van der Waals surface area (Å²) in [6.07, 6.45) is 5.98. The van der Waals surface area contributed by atoms with Gasteiger partial charge in [-0.1, -0.05) is 38.7 Å². The minimum Gasteiger partial charge on any atom is -0.384 e. The van der Waals surface area contributed by atoms with Crippen LogP contribution in [-0.2, 0) is 9.59 Å². The van der Waals surface area contributed by atoms with Gasteiger partial charge < -0.3 is 5.32 Å². The number of carbonyl (C=O) groups is 4. The molecule has 2 aliphatic heterocycles. The smallest absolute Gasteiger partial charge is 0.264 e. The zero-order valence-electron chi connectivity index (χ0n) is 15.5. The molecule has 1 saturated heterocycles. The number of hydrogen-bond donors (Lipinski definition) is 2. The molecule has 1 aromatic rings. The molecule has 2 heterocycles. The van der Waals surface area contributed by atoms with Crippen molar-refractivity contribution >= 4 is 29.3 Å². The van der Waals surface area contributed by atoms with Crippen molar-refractivity contribution in [2.45, 2.75) is 57.9 Å². The van der Waals surface area contributed by atoms with Crippen LogP contribution in [0.15, 0.2) is 18.2 Å².